The van der Waals surface area contributed by atoms with Crippen LogP contribution in [0.25, 0.3) is 0 Å². The van der Waals surface area contributed by atoms with Crippen molar-refractivity contribution in [1.82, 2.24) is 0 Å². The fourth-order valence-electron chi connectivity index (χ4n) is 8.86. The predicted octanol–water partition coefficient (Wildman–Crippen LogP) is 6.60. The fraction of sp³-hybridized carbons (Fsp3) is 0.926. The Morgan fingerprint density at radius 1 is 1.03 bits per heavy atom. The largest absolute Gasteiger partial charge is 0.372 e. The van der Waals surface area contributed by atoms with E-state index in [2.05, 4.69) is 40.7 Å². The summed E-state index contributed by atoms with van der Waals surface area (Å²) in [5, 5.41) is 10.7. The smallest absolute Gasteiger partial charge is 0.295 e. The second kappa shape index (κ2) is 8.37. The molecule has 0 spiro atoms. The second-order valence-electron chi connectivity index (χ2n) is 12.9. The van der Waals surface area contributed by atoms with Crippen molar-refractivity contribution >= 4 is 10.1 Å². The summed E-state index contributed by atoms with van der Waals surface area (Å²) in [6.45, 7) is 12.0. The van der Waals surface area contributed by atoms with Crippen molar-refractivity contribution in [3.8, 4) is 0 Å². The monoisotopic (exact) mass is 466 g/mol. The molecule has 2 N–H and O–H groups in total. The maximum atomic E-state index is 11.9. The van der Waals surface area contributed by atoms with Crippen molar-refractivity contribution in [2.75, 3.05) is 0 Å². The lowest BCUT2D eigenvalue weighted by molar-refractivity contribution is -0.0619. The van der Waals surface area contributed by atoms with E-state index in [0.717, 1.165) is 35.7 Å². The van der Waals surface area contributed by atoms with E-state index in [4.69, 9.17) is 0 Å². The van der Waals surface area contributed by atoms with Gasteiger partial charge in [0.1, 0.15) is 0 Å². The van der Waals surface area contributed by atoms with Crippen LogP contribution in [0.2, 0.25) is 0 Å². The molecule has 0 saturated heterocycles. The molecule has 0 aromatic carbocycles. The minimum absolute atomic E-state index is 0.0395. The van der Waals surface area contributed by atoms with Crippen molar-refractivity contribution in [3.63, 3.8) is 0 Å². The van der Waals surface area contributed by atoms with Gasteiger partial charge in [0.15, 0.2) is 4.93 Å². The van der Waals surface area contributed by atoms with E-state index in [1.807, 2.05) is 0 Å². The molecule has 0 aliphatic heterocycles. The summed E-state index contributed by atoms with van der Waals surface area (Å²) in [5.74, 6) is 4.42. The third kappa shape index (κ3) is 3.92. The molecule has 184 valence electrons. The van der Waals surface area contributed by atoms with E-state index in [9.17, 15) is 18.1 Å². The van der Waals surface area contributed by atoms with Crippen LogP contribution in [0.15, 0.2) is 11.6 Å². The molecule has 4 rings (SSSR count). The van der Waals surface area contributed by atoms with Crippen LogP contribution in [-0.2, 0) is 10.1 Å². The van der Waals surface area contributed by atoms with Gasteiger partial charge in [-0.05, 0) is 91.3 Å². The Bertz CT molecular complexity index is 848. The van der Waals surface area contributed by atoms with Crippen molar-refractivity contribution in [3.05, 3.63) is 11.6 Å². The molecule has 4 unspecified atom stereocenters. The number of fused-ring (bicyclic) bond motifs is 5. The quantitative estimate of drug-likeness (QED) is 0.341. The third-order valence-corrected chi connectivity index (χ3v) is 12.1. The molecule has 0 heterocycles. The molecule has 32 heavy (non-hydrogen) atoms. The van der Waals surface area contributed by atoms with Gasteiger partial charge in [0, 0.05) is 6.42 Å². The molecule has 8 atom stereocenters. The van der Waals surface area contributed by atoms with Gasteiger partial charge in [0.2, 0.25) is 0 Å². The molecular weight excluding hydrogens is 420 g/mol. The summed E-state index contributed by atoms with van der Waals surface area (Å²) in [7, 11) is -4.47. The number of hydrogen-bond donors (Lipinski definition) is 2. The summed E-state index contributed by atoms with van der Waals surface area (Å²) < 4.78 is 33.3. The van der Waals surface area contributed by atoms with Crippen LogP contribution in [0.3, 0.4) is 0 Å². The number of allylic oxidation sites excluding steroid dienone is 1. The number of rotatable bonds is 6. The van der Waals surface area contributed by atoms with E-state index in [0.29, 0.717) is 23.7 Å². The van der Waals surface area contributed by atoms with Gasteiger partial charge in [-0.15, -0.1) is 0 Å². The van der Waals surface area contributed by atoms with Crippen LogP contribution in [0.4, 0.5) is 0 Å². The van der Waals surface area contributed by atoms with Crippen LogP contribution in [0.5, 0.6) is 0 Å². The highest BCUT2D eigenvalue weighted by Crippen LogP contribution is 2.68. The summed E-state index contributed by atoms with van der Waals surface area (Å²) in [5.41, 5.74) is 1.47. The number of hydrogen-bond acceptors (Lipinski definition) is 3. The number of aliphatic hydroxyl groups is 1. The maximum absolute atomic E-state index is 11.9. The molecule has 4 aliphatic rings. The van der Waals surface area contributed by atoms with Crippen molar-refractivity contribution in [2.45, 2.75) is 110 Å². The first kappa shape index (κ1) is 24.7. The molecule has 3 fully saturated rings. The summed E-state index contributed by atoms with van der Waals surface area (Å²) in [6.07, 6.45) is 13.4. The van der Waals surface area contributed by atoms with Crippen LogP contribution in [0.1, 0.15) is 105 Å². The average molecular weight is 467 g/mol. The minimum Gasteiger partial charge on any atom is -0.372 e. The Kier molecular flexibility index (Phi) is 6.47. The molecule has 4 nitrogen and oxygen atoms in total. The van der Waals surface area contributed by atoms with Gasteiger partial charge in [-0.2, -0.15) is 8.42 Å². The van der Waals surface area contributed by atoms with E-state index >= 15 is 0 Å². The summed E-state index contributed by atoms with van der Waals surface area (Å²) in [4.78, 5) is -2.00. The van der Waals surface area contributed by atoms with Crippen LogP contribution >= 0.6 is 0 Å². The zero-order chi connectivity index (χ0) is 23.5. The zero-order valence-electron chi connectivity index (χ0n) is 20.9. The molecule has 0 bridgehead atoms. The van der Waals surface area contributed by atoms with Gasteiger partial charge >= 0.3 is 0 Å². The fourth-order valence-corrected chi connectivity index (χ4v) is 9.56. The molecule has 0 radical (unpaired) electrons. The van der Waals surface area contributed by atoms with Gasteiger partial charge < -0.3 is 5.11 Å². The second-order valence-corrected chi connectivity index (χ2v) is 14.6. The maximum Gasteiger partial charge on any atom is 0.295 e. The topological polar surface area (TPSA) is 74.6 Å². The SMILES string of the molecule is CC(C)CCC[C@@H](C)[C@H]1CCC2C3CC=C4CC(O)(S(=O)(=O)O)CC[C@]4(C)C3CC[C@@]21C. The summed E-state index contributed by atoms with van der Waals surface area (Å²) in [6, 6.07) is 0. The third-order valence-electron chi connectivity index (χ3n) is 10.8. The Morgan fingerprint density at radius 3 is 2.41 bits per heavy atom. The normalized spacial score (nSPS) is 45.1. The Hall–Kier alpha value is -0.390. The lowest BCUT2D eigenvalue weighted by atomic mass is 9.47. The summed E-state index contributed by atoms with van der Waals surface area (Å²) >= 11 is 0. The lowest BCUT2D eigenvalue weighted by Gasteiger charge is -2.59. The van der Waals surface area contributed by atoms with Crippen molar-refractivity contribution in [2.24, 2.45) is 46.3 Å². The van der Waals surface area contributed by atoms with E-state index in [1.54, 1.807) is 0 Å². The van der Waals surface area contributed by atoms with E-state index in [-0.39, 0.29) is 18.3 Å². The molecular formula is C27H46O4S. The van der Waals surface area contributed by atoms with E-state index < -0.39 is 15.1 Å². The van der Waals surface area contributed by atoms with Gasteiger partial charge in [-0.1, -0.05) is 65.5 Å². The highest BCUT2D eigenvalue weighted by molar-refractivity contribution is 7.87. The van der Waals surface area contributed by atoms with Gasteiger partial charge in [0.25, 0.3) is 10.1 Å². The Balaban J connectivity index is 1.52. The van der Waals surface area contributed by atoms with Gasteiger partial charge in [-0.25, -0.2) is 0 Å². The molecule has 4 aliphatic carbocycles. The van der Waals surface area contributed by atoms with Crippen LogP contribution < -0.4 is 0 Å². The van der Waals surface area contributed by atoms with Crippen LogP contribution in [0, 0.1) is 46.3 Å². The van der Waals surface area contributed by atoms with Gasteiger partial charge in [-0.3, -0.25) is 4.55 Å². The first-order valence-corrected chi connectivity index (χ1v) is 14.6. The average Bonchev–Trinajstić information content (AvgIpc) is 3.04. The molecule has 3 saturated carbocycles. The standard InChI is InChI=1S/C27H46O4S/c1-18(2)7-6-8-19(3)22-11-12-23-21-10-9-20-17-27(28,32(29,30)31)16-15-25(20,4)24(21)13-14-26(22,23)5/h9,18-19,21-24,28H,6-8,10-17H2,1-5H3,(H,29,30,31)/t19-,21?,22-,23?,24?,25+,26-,27?/m1/s1. The Labute approximate surface area is 196 Å². The first-order valence-electron chi connectivity index (χ1n) is 13.2. The zero-order valence-corrected chi connectivity index (χ0v) is 21.8. The minimum atomic E-state index is -4.47. The predicted molar refractivity (Wildman–Crippen MR) is 130 cm³/mol. The van der Waals surface area contributed by atoms with Crippen LogP contribution in [-0.4, -0.2) is 23.0 Å². The highest BCUT2D eigenvalue weighted by atomic mass is 32.2. The van der Waals surface area contributed by atoms with E-state index in [1.165, 1.54) is 44.9 Å². The van der Waals surface area contributed by atoms with Crippen molar-refractivity contribution < 1.29 is 18.1 Å². The molecule has 0 aromatic rings. The Morgan fingerprint density at radius 2 is 1.75 bits per heavy atom. The molecule has 0 aromatic heterocycles. The van der Waals surface area contributed by atoms with Crippen molar-refractivity contribution in [1.29, 1.82) is 0 Å². The highest BCUT2D eigenvalue weighted by Gasteiger charge is 2.61. The lowest BCUT2D eigenvalue weighted by Crippen LogP contribution is -2.53. The molecule has 5 heteroatoms. The van der Waals surface area contributed by atoms with Gasteiger partial charge in [0.05, 0.1) is 0 Å². The molecule has 0 amide bonds. The first-order chi connectivity index (χ1) is 14.8.